The van der Waals surface area contributed by atoms with Crippen molar-refractivity contribution in [3.05, 3.63) is 24.2 Å². The van der Waals surface area contributed by atoms with Gasteiger partial charge in [-0.15, -0.1) is 0 Å². The number of nitrogens with one attached hydrogen (secondary N) is 2. The summed E-state index contributed by atoms with van der Waals surface area (Å²) in [5.41, 5.74) is 0. The molecule has 0 aromatic carbocycles. The monoisotopic (exact) mass is 314 g/mol. The zero-order chi connectivity index (χ0) is 15.7. The lowest BCUT2D eigenvalue weighted by molar-refractivity contribution is -0.121. The summed E-state index contributed by atoms with van der Waals surface area (Å²) in [6.45, 7) is 2.31. The minimum atomic E-state index is -0.281. The summed E-state index contributed by atoms with van der Waals surface area (Å²) in [5.74, 6) is -0.0995. The van der Waals surface area contributed by atoms with E-state index in [9.17, 15) is 9.59 Å². The van der Waals surface area contributed by atoms with Crippen LogP contribution in [0.25, 0.3) is 0 Å². The van der Waals surface area contributed by atoms with E-state index in [4.69, 9.17) is 9.52 Å². The van der Waals surface area contributed by atoms with Crippen molar-refractivity contribution in [1.82, 2.24) is 10.6 Å². The van der Waals surface area contributed by atoms with Crippen LogP contribution in [0.3, 0.4) is 0 Å². The molecule has 21 heavy (non-hydrogen) atoms. The average molecular weight is 314 g/mol. The van der Waals surface area contributed by atoms with Crippen molar-refractivity contribution in [2.24, 2.45) is 0 Å². The highest BCUT2D eigenvalue weighted by molar-refractivity contribution is 7.99. The minimum Gasteiger partial charge on any atom is -0.459 e. The summed E-state index contributed by atoms with van der Waals surface area (Å²) in [5, 5.41) is 14.7. The van der Waals surface area contributed by atoms with Gasteiger partial charge in [0.2, 0.25) is 5.91 Å². The molecular weight excluding hydrogens is 292 g/mol. The standard InChI is InChI=1S/C14H22N2O4S/c1-10(12(9-17)21-2)16-13(18)6-3-7-15-14(19)11-5-4-8-20-11/h4-5,8,10,12,17H,3,6-7,9H2,1-2H3,(H,15,19)(H,16,18). The molecule has 7 heteroatoms. The maximum atomic E-state index is 11.7. The van der Waals surface area contributed by atoms with Crippen LogP contribution in [0, 0.1) is 0 Å². The molecule has 6 nitrogen and oxygen atoms in total. The smallest absolute Gasteiger partial charge is 0.286 e. The fourth-order valence-corrected chi connectivity index (χ4v) is 2.43. The normalized spacial score (nSPS) is 13.5. The first kappa shape index (κ1) is 17.6. The van der Waals surface area contributed by atoms with Gasteiger partial charge in [-0.05, 0) is 31.7 Å². The fraction of sp³-hybridized carbons (Fsp3) is 0.571. The number of aliphatic hydroxyl groups excluding tert-OH is 1. The van der Waals surface area contributed by atoms with Crippen molar-refractivity contribution in [2.45, 2.75) is 31.1 Å². The topological polar surface area (TPSA) is 91.6 Å². The van der Waals surface area contributed by atoms with Gasteiger partial charge in [-0.2, -0.15) is 11.8 Å². The van der Waals surface area contributed by atoms with Crippen molar-refractivity contribution < 1.29 is 19.1 Å². The molecule has 0 aliphatic carbocycles. The molecule has 0 saturated heterocycles. The zero-order valence-corrected chi connectivity index (χ0v) is 13.1. The summed E-state index contributed by atoms with van der Waals surface area (Å²) in [7, 11) is 0. The van der Waals surface area contributed by atoms with Crippen molar-refractivity contribution in [3.8, 4) is 0 Å². The van der Waals surface area contributed by atoms with Gasteiger partial charge in [-0.3, -0.25) is 9.59 Å². The third-order valence-electron chi connectivity index (χ3n) is 3.04. The second-order valence-corrected chi connectivity index (χ2v) is 5.73. The Morgan fingerprint density at radius 2 is 2.24 bits per heavy atom. The summed E-state index contributed by atoms with van der Waals surface area (Å²) >= 11 is 1.52. The summed E-state index contributed by atoms with van der Waals surface area (Å²) in [6.07, 6.45) is 4.21. The van der Waals surface area contributed by atoms with Crippen LogP contribution in [0.15, 0.2) is 22.8 Å². The third kappa shape index (κ3) is 6.22. The van der Waals surface area contributed by atoms with Crippen LogP contribution in [0.1, 0.15) is 30.3 Å². The molecule has 118 valence electrons. The van der Waals surface area contributed by atoms with Crippen molar-refractivity contribution in [3.63, 3.8) is 0 Å². The Balaban J connectivity index is 2.17. The molecule has 1 aromatic heterocycles. The minimum absolute atomic E-state index is 0.00685. The summed E-state index contributed by atoms with van der Waals surface area (Å²) in [4.78, 5) is 23.3. The number of amides is 2. The van der Waals surface area contributed by atoms with Gasteiger partial charge in [0.05, 0.1) is 12.9 Å². The largest absolute Gasteiger partial charge is 0.459 e. The van der Waals surface area contributed by atoms with E-state index in [-0.39, 0.29) is 35.5 Å². The Kier molecular flexibility index (Phi) is 7.92. The molecule has 0 spiro atoms. The summed E-state index contributed by atoms with van der Waals surface area (Å²) < 4.78 is 4.96. The zero-order valence-electron chi connectivity index (χ0n) is 12.3. The van der Waals surface area contributed by atoms with Crippen LogP contribution < -0.4 is 10.6 Å². The van der Waals surface area contributed by atoms with E-state index in [0.717, 1.165) is 0 Å². The van der Waals surface area contributed by atoms with Gasteiger partial charge >= 0.3 is 0 Å². The highest BCUT2D eigenvalue weighted by Crippen LogP contribution is 2.10. The maximum absolute atomic E-state index is 11.7. The second kappa shape index (κ2) is 9.46. The molecule has 2 atom stereocenters. The predicted molar refractivity (Wildman–Crippen MR) is 82.3 cm³/mol. The van der Waals surface area contributed by atoms with Gasteiger partial charge in [0.25, 0.3) is 5.91 Å². The first-order valence-electron chi connectivity index (χ1n) is 6.83. The highest BCUT2D eigenvalue weighted by atomic mass is 32.2. The third-order valence-corrected chi connectivity index (χ3v) is 4.20. The van der Waals surface area contributed by atoms with E-state index in [1.807, 2.05) is 13.2 Å². The van der Waals surface area contributed by atoms with Crippen molar-refractivity contribution in [2.75, 3.05) is 19.4 Å². The molecule has 1 heterocycles. The van der Waals surface area contributed by atoms with E-state index in [2.05, 4.69) is 10.6 Å². The van der Waals surface area contributed by atoms with Gasteiger partial charge in [0.1, 0.15) is 0 Å². The van der Waals surface area contributed by atoms with Crippen LogP contribution in [0.4, 0.5) is 0 Å². The fourth-order valence-electron chi connectivity index (χ4n) is 1.80. The van der Waals surface area contributed by atoms with Gasteiger partial charge in [0.15, 0.2) is 5.76 Å². The molecule has 1 aromatic rings. The highest BCUT2D eigenvalue weighted by Gasteiger charge is 2.17. The molecule has 1 rings (SSSR count). The molecule has 0 bridgehead atoms. The van der Waals surface area contributed by atoms with E-state index < -0.39 is 0 Å². The van der Waals surface area contributed by atoms with Gasteiger partial charge in [-0.25, -0.2) is 0 Å². The lowest BCUT2D eigenvalue weighted by Crippen LogP contribution is -2.41. The van der Waals surface area contributed by atoms with Gasteiger partial charge in [-0.1, -0.05) is 0 Å². The Morgan fingerprint density at radius 3 is 2.81 bits per heavy atom. The van der Waals surface area contributed by atoms with Crippen LogP contribution in [-0.2, 0) is 4.79 Å². The molecule has 0 aliphatic rings. The molecule has 0 radical (unpaired) electrons. The molecule has 2 unspecified atom stereocenters. The van der Waals surface area contributed by atoms with E-state index in [0.29, 0.717) is 19.4 Å². The van der Waals surface area contributed by atoms with Crippen LogP contribution in [0.2, 0.25) is 0 Å². The first-order valence-corrected chi connectivity index (χ1v) is 8.12. The predicted octanol–water partition coefficient (Wildman–Crippen LogP) is 1.02. The Hall–Kier alpha value is -1.47. The van der Waals surface area contributed by atoms with E-state index in [1.165, 1.54) is 18.0 Å². The molecule has 3 N–H and O–H groups in total. The Bertz CT molecular complexity index is 432. The second-order valence-electron chi connectivity index (χ2n) is 4.65. The molecule has 2 amide bonds. The van der Waals surface area contributed by atoms with E-state index in [1.54, 1.807) is 12.1 Å². The molecule has 0 saturated carbocycles. The van der Waals surface area contributed by atoms with Crippen LogP contribution >= 0.6 is 11.8 Å². The van der Waals surface area contributed by atoms with Crippen molar-refractivity contribution in [1.29, 1.82) is 0 Å². The number of aliphatic hydroxyl groups is 1. The maximum Gasteiger partial charge on any atom is 0.286 e. The van der Waals surface area contributed by atoms with Crippen molar-refractivity contribution >= 4 is 23.6 Å². The SMILES string of the molecule is CSC(CO)C(C)NC(=O)CCCNC(=O)c1ccco1. The lowest BCUT2D eigenvalue weighted by atomic mass is 10.2. The number of hydrogen-bond donors (Lipinski definition) is 3. The number of carbonyl (C=O) groups is 2. The molecule has 0 fully saturated rings. The number of thioether (sulfide) groups is 1. The molecular formula is C14H22N2O4S. The number of rotatable bonds is 9. The Morgan fingerprint density at radius 1 is 1.48 bits per heavy atom. The number of carbonyl (C=O) groups excluding carboxylic acids is 2. The van der Waals surface area contributed by atoms with Crippen LogP contribution in [-0.4, -0.2) is 47.6 Å². The average Bonchev–Trinajstić information content (AvgIpc) is 2.99. The molecule has 0 aliphatic heterocycles. The van der Waals surface area contributed by atoms with Gasteiger partial charge < -0.3 is 20.2 Å². The van der Waals surface area contributed by atoms with Crippen LogP contribution in [0.5, 0.6) is 0 Å². The number of furan rings is 1. The lowest BCUT2D eigenvalue weighted by Gasteiger charge is -2.21. The first-order chi connectivity index (χ1) is 10.1. The van der Waals surface area contributed by atoms with Gasteiger partial charge in [0, 0.05) is 24.3 Å². The number of hydrogen-bond acceptors (Lipinski definition) is 5. The van der Waals surface area contributed by atoms with E-state index >= 15 is 0 Å². The quantitative estimate of drug-likeness (QED) is 0.592. The Labute approximate surface area is 128 Å². The summed E-state index contributed by atoms with van der Waals surface area (Å²) in [6, 6.07) is 3.14.